The summed E-state index contributed by atoms with van der Waals surface area (Å²) in [5.74, 6) is 0. The van der Waals surface area contributed by atoms with Crippen LogP contribution in [0.2, 0.25) is 0 Å². The maximum Gasteiger partial charge on any atom is 0.199 e. The van der Waals surface area contributed by atoms with Gasteiger partial charge in [0.1, 0.15) is 30.2 Å². The van der Waals surface area contributed by atoms with Gasteiger partial charge in [0.05, 0.1) is 43.5 Å². The molecule has 0 spiro atoms. The standard InChI is InChI=1S/C38H36O6/c39-36-31(26-41-33-21-11-10-20-32(33)36)19-12-22-34-37(42-24-29-15-6-2-7-16-29)38(43-25-30-17-8-3-9-18-30)35(44-34)27-40-23-28-13-4-1-5-14-28/h1-21,26,34-35,37-38H,22-25,27H2/b19-12+/t34-,35+,37-,38+/m0/s1. The Morgan fingerprint density at radius 2 is 1.18 bits per heavy atom. The summed E-state index contributed by atoms with van der Waals surface area (Å²) in [6.45, 7) is 1.68. The Bertz CT molecular complexity index is 1680. The molecule has 6 nitrogen and oxygen atoms in total. The van der Waals surface area contributed by atoms with Gasteiger partial charge < -0.3 is 23.4 Å². The number of para-hydroxylation sites is 1. The quantitative estimate of drug-likeness (QED) is 0.143. The molecule has 1 aliphatic heterocycles. The molecule has 1 aromatic heterocycles. The van der Waals surface area contributed by atoms with E-state index in [9.17, 15) is 4.79 Å². The molecule has 1 aliphatic rings. The van der Waals surface area contributed by atoms with Gasteiger partial charge in [-0.2, -0.15) is 0 Å². The SMILES string of the molecule is O=c1c(/C=C/C[C@@H]2O[C@H](COCc3ccccc3)[C@@H](OCc3ccccc3)[C@H]2OCc2ccccc2)coc2ccccc12. The summed E-state index contributed by atoms with van der Waals surface area (Å²) in [6.07, 6.45) is 4.40. The van der Waals surface area contributed by atoms with E-state index in [1.165, 1.54) is 6.26 Å². The van der Waals surface area contributed by atoms with Crippen LogP contribution in [-0.4, -0.2) is 31.0 Å². The van der Waals surface area contributed by atoms with Crippen molar-refractivity contribution in [3.8, 4) is 0 Å². The van der Waals surface area contributed by atoms with Crippen molar-refractivity contribution in [2.45, 2.75) is 50.7 Å². The number of hydrogen-bond donors (Lipinski definition) is 0. The zero-order valence-corrected chi connectivity index (χ0v) is 24.5. The van der Waals surface area contributed by atoms with Crippen molar-refractivity contribution in [1.82, 2.24) is 0 Å². The van der Waals surface area contributed by atoms with Crippen LogP contribution in [0.1, 0.15) is 28.7 Å². The van der Waals surface area contributed by atoms with E-state index in [0.29, 0.717) is 49.4 Å². The number of fused-ring (bicyclic) bond motifs is 1. The molecule has 0 unspecified atom stereocenters. The normalized spacial score (nSPS) is 20.0. The fourth-order valence-corrected chi connectivity index (χ4v) is 5.47. The van der Waals surface area contributed by atoms with Gasteiger partial charge in [0.15, 0.2) is 5.43 Å². The third-order valence-electron chi connectivity index (χ3n) is 7.74. The maximum atomic E-state index is 13.0. The van der Waals surface area contributed by atoms with E-state index >= 15 is 0 Å². The van der Waals surface area contributed by atoms with Gasteiger partial charge in [-0.25, -0.2) is 0 Å². The molecule has 0 saturated carbocycles. The first kappa shape index (κ1) is 29.7. The second-order valence-corrected chi connectivity index (χ2v) is 10.9. The lowest BCUT2D eigenvalue weighted by Gasteiger charge is -2.25. The fourth-order valence-electron chi connectivity index (χ4n) is 5.47. The van der Waals surface area contributed by atoms with Crippen molar-refractivity contribution in [2.75, 3.05) is 6.61 Å². The van der Waals surface area contributed by atoms with Crippen LogP contribution in [0.4, 0.5) is 0 Å². The number of ether oxygens (including phenoxy) is 4. The van der Waals surface area contributed by atoms with Crippen LogP contribution in [0.15, 0.2) is 137 Å². The lowest BCUT2D eigenvalue weighted by molar-refractivity contribution is -0.0898. The highest BCUT2D eigenvalue weighted by atomic mass is 16.6. The average molecular weight is 589 g/mol. The van der Waals surface area contributed by atoms with Crippen LogP contribution in [0.3, 0.4) is 0 Å². The van der Waals surface area contributed by atoms with E-state index < -0.39 is 0 Å². The molecule has 0 bridgehead atoms. The lowest BCUT2D eigenvalue weighted by atomic mass is 10.0. The van der Waals surface area contributed by atoms with Crippen LogP contribution in [0.25, 0.3) is 17.0 Å². The maximum absolute atomic E-state index is 13.0. The van der Waals surface area contributed by atoms with Crippen LogP contribution >= 0.6 is 0 Å². The molecular weight excluding hydrogens is 552 g/mol. The highest BCUT2D eigenvalue weighted by Crippen LogP contribution is 2.31. The number of rotatable bonds is 13. The van der Waals surface area contributed by atoms with E-state index in [2.05, 4.69) is 0 Å². The Balaban J connectivity index is 1.21. The van der Waals surface area contributed by atoms with Crippen molar-refractivity contribution in [2.24, 2.45) is 0 Å². The minimum atomic E-state index is -0.362. The fraction of sp³-hybridized carbons (Fsp3) is 0.237. The molecule has 1 fully saturated rings. The summed E-state index contributed by atoms with van der Waals surface area (Å²) in [5.41, 5.74) is 4.23. The molecule has 1 saturated heterocycles. The smallest absolute Gasteiger partial charge is 0.199 e. The molecule has 0 aliphatic carbocycles. The molecule has 6 rings (SSSR count). The largest absolute Gasteiger partial charge is 0.463 e. The molecule has 6 heteroatoms. The highest BCUT2D eigenvalue weighted by molar-refractivity contribution is 5.78. The van der Waals surface area contributed by atoms with Crippen molar-refractivity contribution in [3.63, 3.8) is 0 Å². The van der Waals surface area contributed by atoms with Gasteiger partial charge in [-0.3, -0.25) is 4.79 Å². The monoisotopic (exact) mass is 588 g/mol. The first-order chi connectivity index (χ1) is 21.7. The summed E-state index contributed by atoms with van der Waals surface area (Å²) in [4.78, 5) is 13.0. The van der Waals surface area contributed by atoms with E-state index in [-0.39, 0.29) is 29.8 Å². The molecule has 44 heavy (non-hydrogen) atoms. The molecule has 0 radical (unpaired) electrons. The van der Waals surface area contributed by atoms with Crippen LogP contribution < -0.4 is 5.43 Å². The van der Waals surface area contributed by atoms with Gasteiger partial charge in [0, 0.05) is 0 Å². The molecule has 2 heterocycles. The Kier molecular flexibility index (Phi) is 10.1. The third-order valence-corrected chi connectivity index (χ3v) is 7.74. The van der Waals surface area contributed by atoms with E-state index in [1.54, 1.807) is 18.2 Å². The van der Waals surface area contributed by atoms with Gasteiger partial charge in [-0.05, 0) is 35.2 Å². The number of hydrogen-bond acceptors (Lipinski definition) is 6. The second-order valence-electron chi connectivity index (χ2n) is 10.9. The molecule has 4 atom stereocenters. The van der Waals surface area contributed by atoms with E-state index in [4.69, 9.17) is 23.4 Å². The summed E-state index contributed by atoms with van der Waals surface area (Å²) < 4.78 is 31.6. The first-order valence-electron chi connectivity index (χ1n) is 15.0. The average Bonchev–Trinajstić information content (AvgIpc) is 3.41. The predicted molar refractivity (Wildman–Crippen MR) is 171 cm³/mol. The minimum absolute atomic E-state index is 0.0661. The van der Waals surface area contributed by atoms with Crippen molar-refractivity contribution in [1.29, 1.82) is 0 Å². The molecule has 4 aromatic carbocycles. The van der Waals surface area contributed by atoms with Gasteiger partial charge in [0.2, 0.25) is 0 Å². The van der Waals surface area contributed by atoms with Gasteiger partial charge in [0.25, 0.3) is 0 Å². The summed E-state index contributed by atoms with van der Waals surface area (Å²) in [6, 6.07) is 37.5. The van der Waals surface area contributed by atoms with Crippen molar-refractivity contribution in [3.05, 3.63) is 160 Å². The lowest BCUT2D eigenvalue weighted by Crippen LogP contribution is -2.39. The van der Waals surface area contributed by atoms with E-state index in [0.717, 1.165) is 16.7 Å². The van der Waals surface area contributed by atoms with Gasteiger partial charge in [-0.15, -0.1) is 0 Å². The molecular formula is C38H36O6. The third kappa shape index (κ3) is 7.59. The molecule has 0 N–H and O–H groups in total. The molecule has 224 valence electrons. The predicted octanol–water partition coefficient (Wildman–Crippen LogP) is 7.35. The van der Waals surface area contributed by atoms with E-state index in [1.807, 2.05) is 109 Å². The highest BCUT2D eigenvalue weighted by Gasteiger charge is 2.45. The van der Waals surface area contributed by atoms with Gasteiger partial charge >= 0.3 is 0 Å². The zero-order valence-electron chi connectivity index (χ0n) is 24.5. The summed E-state index contributed by atoms with van der Waals surface area (Å²) in [5, 5.41) is 0.556. The molecule has 5 aromatic rings. The van der Waals surface area contributed by atoms with Crippen molar-refractivity contribution >= 4 is 17.0 Å². The summed E-state index contributed by atoms with van der Waals surface area (Å²) in [7, 11) is 0. The minimum Gasteiger partial charge on any atom is -0.463 e. The van der Waals surface area contributed by atoms with Crippen molar-refractivity contribution < 1.29 is 23.4 Å². The summed E-state index contributed by atoms with van der Waals surface area (Å²) >= 11 is 0. The topological polar surface area (TPSA) is 67.1 Å². The van der Waals surface area contributed by atoms with Crippen LogP contribution in [0.5, 0.6) is 0 Å². The van der Waals surface area contributed by atoms with Gasteiger partial charge in [-0.1, -0.05) is 115 Å². The van der Waals surface area contributed by atoms with Crippen LogP contribution in [0, 0.1) is 0 Å². The Morgan fingerprint density at radius 3 is 1.82 bits per heavy atom. The number of benzene rings is 4. The zero-order chi connectivity index (χ0) is 30.0. The molecule has 0 amide bonds. The second kappa shape index (κ2) is 14.9. The first-order valence-corrected chi connectivity index (χ1v) is 15.0. The van der Waals surface area contributed by atoms with Crippen LogP contribution in [-0.2, 0) is 38.8 Å². The Labute approximate surface area is 257 Å². The Hall–Kier alpha value is -4.33. The Morgan fingerprint density at radius 1 is 0.636 bits per heavy atom.